The fourth-order valence-corrected chi connectivity index (χ4v) is 2.66. The lowest BCUT2D eigenvalue weighted by atomic mass is 10.1. The van der Waals surface area contributed by atoms with Crippen molar-refractivity contribution in [2.45, 2.75) is 25.7 Å². The molecular weight excluding hydrogens is 318 g/mol. The predicted molar refractivity (Wildman–Crippen MR) is 82.7 cm³/mol. The van der Waals surface area contributed by atoms with Gasteiger partial charge >= 0.3 is 0 Å². The van der Waals surface area contributed by atoms with Crippen LogP contribution in [-0.2, 0) is 0 Å². The average Bonchev–Trinajstić information content (AvgIpc) is 3.27. The monoisotopic (exact) mass is 333 g/mol. The fourth-order valence-electron chi connectivity index (χ4n) is 2.16. The Morgan fingerprint density at radius 1 is 1.30 bits per heavy atom. The van der Waals surface area contributed by atoms with Crippen molar-refractivity contribution in [3.8, 4) is 17.1 Å². The zero-order valence-electron chi connectivity index (χ0n) is 11.3. The summed E-state index contributed by atoms with van der Waals surface area (Å²) in [5, 5.41) is 0. The minimum absolute atomic E-state index is 0.489. The molecule has 0 bridgehead atoms. The van der Waals surface area contributed by atoms with Gasteiger partial charge < -0.3 is 10.5 Å². The van der Waals surface area contributed by atoms with Crippen LogP contribution in [0.1, 0.15) is 31.4 Å². The molecule has 0 atom stereocenters. The molecule has 1 saturated carbocycles. The highest BCUT2D eigenvalue weighted by atomic mass is 79.9. The van der Waals surface area contributed by atoms with Crippen molar-refractivity contribution in [2.24, 2.45) is 0 Å². The van der Waals surface area contributed by atoms with E-state index in [1.165, 1.54) is 12.8 Å². The van der Waals surface area contributed by atoms with Crippen LogP contribution in [0.3, 0.4) is 0 Å². The Bertz CT molecular complexity index is 641. The summed E-state index contributed by atoms with van der Waals surface area (Å²) in [6.45, 7) is 2.57. The quantitative estimate of drug-likeness (QED) is 0.925. The number of hydrogen-bond acceptors (Lipinski definition) is 4. The molecule has 0 radical (unpaired) electrons. The lowest BCUT2D eigenvalue weighted by molar-refractivity contribution is 0.341. The Morgan fingerprint density at radius 3 is 2.75 bits per heavy atom. The number of ether oxygens (including phenoxy) is 1. The summed E-state index contributed by atoms with van der Waals surface area (Å²) in [6.07, 6.45) is 2.34. The largest absolute Gasteiger partial charge is 0.493 e. The third kappa shape index (κ3) is 2.50. The van der Waals surface area contributed by atoms with E-state index >= 15 is 0 Å². The van der Waals surface area contributed by atoms with E-state index in [0.717, 1.165) is 21.5 Å². The topological polar surface area (TPSA) is 61.0 Å². The van der Waals surface area contributed by atoms with Crippen LogP contribution < -0.4 is 10.5 Å². The first kappa shape index (κ1) is 13.4. The van der Waals surface area contributed by atoms with Crippen molar-refractivity contribution in [1.82, 2.24) is 9.97 Å². The van der Waals surface area contributed by atoms with Crippen LogP contribution in [0.25, 0.3) is 11.4 Å². The van der Waals surface area contributed by atoms with Crippen molar-refractivity contribution in [3.05, 3.63) is 34.4 Å². The highest BCUT2D eigenvalue weighted by Gasteiger charge is 2.29. The molecule has 0 amide bonds. The van der Waals surface area contributed by atoms with Crippen LogP contribution in [0.5, 0.6) is 5.75 Å². The molecule has 1 heterocycles. The second-order valence-corrected chi connectivity index (χ2v) is 5.63. The van der Waals surface area contributed by atoms with Crippen LogP contribution in [0, 0.1) is 0 Å². The molecule has 0 saturated heterocycles. The molecule has 4 nitrogen and oxygen atoms in total. The number of anilines is 1. The first-order chi connectivity index (χ1) is 9.70. The van der Waals surface area contributed by atoms with Gasteiger partial charge in [-0.2, -0.15) is 0 Å². The molecule has 1 aromatic carbocycles. The molecule has 104 valence electrons. The van der Waals surface area contributed by atoms with Crippen molar-refractivity contribution in [3.63, 3.8) is 0 Å². The first-order valence-corrected chi connectivity index (χ1v) is 7.55. The summed E-state index contributed by atoms with van der Waals surface area (Å²) < 4.78 is 6.48. The number of nitrogens with zero attached hydrogens (tertiary/aromatic N) is 2. The number of halogens is 1. The van der Waals surface area contributed by atoms with Crippen molar-refractivity contribution < 1.29 is 4.74 Å². The third-order valence-electron chi connectivity index (χ3n) is 3.29. The average molecular weight is 334 g/mol. The van der Waals surface area contributed by atoms with Gasteiger partial charge in [-0.15, -0.1) is 0 Å². The number of hydrogen-bond donors (Lipinski definition) is 1. The van der Waals surface area contributed by atoms with E-state index in [4.69, 9.17) is 15.5 Å². The highest BCUT2D eigenvalue weighted by Crippen LogP contribution is 2.44. The van der Waals surface area contributed by atoms with Crippen molar-refractivity contribution >= 4 is 21.7 Å². The Labute approximate surface area is 126 Å². The fraction of sp³-hybridized carbons (Fsp3) is 0.333. The summed E-state index contributed by atoms with van der Waals surface area (Å²) in [5.41, 5.74) is 7.91. The highest BCUT2D eigenvalue weighted by molar-refractivity contribution is 9.10. The Hall–Kier alpha value is -1.62. The predicted octanol–water partition coefficient (Wildman–Crippen LogP) is 3.76. The van der Waals surface area contributed by atoms with Crippen molar-refractivity contribution in [1.29, 1.82) is 0 Å². The van der Waals surface area contributed by atoms with Crippen LogP contribution >= 0.6 is 15.9 Å². The number of nitrogen functional groups attached to an aromatic ring is 1. The zero-order chi connectivity index (χ0) is 14.1. The summed E-state index contributed by atoms with van der Waals surface area (Å²) >= 11 is 3.50. The van der Waals surface area contributed by atoms with Crippen LogP contribution in [0.4, 0.5) is 5.82 Å². The molecule has 3 rings (SSSR count). The van der Waals surface area contributed by atoms with E-state index in [0.29, 0.717) is 24.2 Å². The van der Waals surface area contributed by atoms with Crippen LogP contribution in [0.2, 0.25) is 0 Å². The molecule has 1 aliphatic carbocycles. The maximum atomic E-state index is 6.01. The molecule has 1 fully saturated rings. The molecule has 1 aliphatic rings. The van der Waals surface area contributed by atoms with E-state index < -0.39 is 0 Å². The number of para-hydroxylation sites is 1. The van der Waals surface area contributed by atoms with Gasteiger partial charge in [-0.25, -0.2) is 9.97 Å². The van der Waals surface area contributed by atoms with Crippen molar-refractivity contribution in [2.75, 3.05) is 12.3 Å². The second-order valence-electron chi connectivity index (χ2n) is 4.84. The normalized spacial score (nSPS) is 14.3. The first-order valence-electron chi connectivity index (χ1n) is 6.75. The summed E-state index contributed by atoms with van der Waals surface area (Å²) in [5.74, 6) is 2.42. The summed E-state index contributed by atoms with van der Waals surface area (Å²) in [7, 11) is 0. The molecule has 2 aromatic rings. The van der Waals surface area contributed by atoms with Gasteiger partial charge in [0.25, 0.3) is 0 Å². The third-order valence-corrected chi connectivity index (χ3v) is 4.11. The molecule has 5 heteroatoms. The van der Waals surface area contributed by atoms with Gasteiger partial charge in [0.2, 0.25) is 0 Å². The van der Waals surface area contributed by atoms with E-state index in [1.807, 2.05) is 31.2 Å². The standard InChI is InChI=1S/C15H16BrN3O/c1-2-20-11-6-4-3-5-10(11)15-18-13(9-7-8-9)12(16)14(17)19-15/h3-6,9H,2,7-8H2,1H3,(H2,17,18,19). The molecular formula is C15H16BrN3O. The molecule has 20 heavy (non-hydrogen) atoms. The van der Waals surface area contributed by atoms with Gasteiger partial charge in [0, 0.05) is 5.92 Å². The van der Waals surface area contributed by atoms with Crippen LogP contribution in [0.15, 0.2) is 28.7 Å². The van der Waals surface area contributed by atoms with E-state index in [-0.39, 0.29) is 0 Å². The molecule has 0 unspecified atom stereocenters. The Balaban J connectivity index is 2.10. The molecule has 2 N–H and O–H groups in total. The summed E-state index contributed by atoms with van der Waals surface area (Å²) in [6, 6.07) is 7.79. The second kappa shape index (κ2) is 5.40. The molecule has 0 spiro atoms. The zero-order valence-corrected chi connectivity index (χ0v) is 12.9. The number of aromatic nitrogens is 2. The lowest BCUT2D eigenvalue weighted by Gasteiger charge is -2.12. The number of rotatable bonds is 4. The SMILES string of the molecule is CCOc1ccccc1-c1nc(N)c(Br)c(C2CC2)n1. The summed E-state index contributed by atoms with van der Waals surface area (Å²) in [4.78, 5) is 9.09. The molecule has 1 aromatic heterocycles. The van der Waals surface area contributed by atoms with Gasteiger partial charge in [0.1, 0.15) is 11.6 Å². The van der Waals surface area contributed by atoms with Gasteiger partial charge in [-0.1, -0.05) is 12.1 Å². The maximum absolute atomic E-state index is 6.01. The smallest absolute Gasteiger partial charge is 0.165 e. The molecule has 0 aliphatic heterocycles. The minimum Gasteiger partial charge on any atom is -0.493 e. The maximum Gasteiger partial charge on any atom is 0.165 e. The lowest BCUT2D eigenvalue weighted by Crippen LogP contribution is -2.03. The van der Waals surface area contributed by atoms with Gasteiger partial charge in [0.15, 0.2) is 5.82 Å². The van der Waals surface area contributed by atoms with E-state index in [1.54, 1.807) is 0 Å². The van der Waals surface area contributed by atoms with Gasteiger partial charge in [-0.3, -0.25) is 0 Å². The van der Waals surface area contributed by atoms with Gasteiger partial charge in [-0.05, 0) is 47.8 Å². The van der Waals surface area contributed by atoms with E-state index in [2.05, 4.69) is 20.9 Å². The van der Waals surface area contributed by atoms with Crippen LogP contribution in [-0.4, -0.2) is 16.6 Å². The van der Waals surface area contributed by atoms with E-state index in [9.17, 15) is 0 Å². The Kier molecular flexibility index (Phi) is 3.61. The minimum atomic E-state index is 0.489. The number of nitrogens with two attached hydrogens (primary N) is 1. The Morgan fingerprint density at radius 2 is 2.05 bits per heavy atom. The number of benzene rings is 1. The van der Waals surface area contributed by atoms with Gasteiger partial charge in [0.05, 0.1) is 22.3 Å².